The molecule has 2 heterocycles. The third-order valence-corrected chi connectivity index (χ3v) is 7.58. The number of carbonyl (C=O) groups excluding carboxylic acids is 1. The summed E-state index contributed by atoms with van der Waals surface area (Å²) < 4.78 is 19.9. The predicted octanol–water partition coefficient (Wildman–Crippen LogP) is 5.80. The molecule has 2 aromatic heterocycles. The molecule has 6 nitrogen and oxygen atoms in total. The van der Waals surface area contributed by atoms with E-state index in [1.54, 1.807) is 19.2 Å². The van der Waals surface area contributed by atoms with Gasteiger partial charge in [-0.2, -0.15) is 0 Å². The number of hydrogen-bond donors (Lipinski definition) is 2. The van der Waals surface area contributed by atoms with Crippen molar-refractivity contribution in [3.63, 3.8) is 0 Å². The number of ether oxygens (including phenoxy) is 1. The largest absolute Gasteiger partial charge is 0.373 e. The maximum atomic E-state index is 13.9. The Kier molecular flexibility index (Phi) is 5.72. The Labute approximate surface area is 203 Å². The molecule has 1 atom stereocenters. The number of fused-ring (bicyclic) bond motifs is 2. The summed E-state index contributed by atoms with van der Waals surface area (Å²) in [5, 5.41) is 3.95. The molecule has 2 fully saturated rings. The molecule has 6 rings (SSSR count). The van der Waals surface area contributed by atoms with Crippen molar-refractivity contribution in [2.24, 2.45) is 5.92 Å². The van der Waals surface area contributed by atoms with Gasteiger partial charge in [-0.1, -0.05) is 0 Å². The van der Waals surface area contributed by atoms with Crippen LogP contribution in [0.25, 0.3) is 21.9 Å². The van der Waals surface area contributed by atoms with Gasteiger partial charge in [0.2, 0.25) is 0 Å². The van der Waals surface area contributed by atoms with Gasteiger partial charge in [-0.25, -0.2) is 9.37 Å². The van der Waals surface area contributed by atoms with Gasteiger partial charge in [-0.05, 0) is 98.4 Å². The Hall–Kier alpha value is -3.32. The van der Waals surface area contributed by atoms with E-state index in [1.165, 1.54) is 11.6 Å². The summed E-state index contributed by atoms with van der Waals surface area (Å²) in [6, 6.07) is 12.8. The van der Waals surface area contributed by atoms with Crippen LogP contribution in [-0.2, 0) is 4.74 Å². The first-order chi connectivity index (χ1) is 17.1. The molecule has 0 aliphatic heterocycles. The summed E-state index contributed by atoms with van der Waals surface area (Å²) in [4.78, 5) is 25.1. The molecule has 2 N–H and O–H groups in total. The molecule has 2 aromatic carbocycles. The SMILES string of the molecule is CO[C@@H](c1nc2cc(C(=O)NC3CC3)ccc2[nH]1)[C@H]1CC[C@@H](c2ccnc3ccc(F)cc32)CC1. The quantitative estimate of drug-likeness (QED) is 0.371. The minimum absolute atomic E-state index is 0.0379. The van der Waals surface area contributed by atoms with E-state index in [4.69, 9.17) is 9.72 Å². The number of carbonyl (C=O) groups is 1. The molecule has 0 bridgehead atoms. The second-order valence-electron chi connectivity index (χ2n) is 9.93. The Morgan fingerprint density at radius 3 is 2.66 bits per heavy atom. The molecule has 180 valence electrons. The third-order valence-electron chi connectivity index (χ3n) is 7.58. The molecular formula is C28H29FN4O2. The number of pyridine rings is 1. The summed E-state index contributed by atoms with van der Waals surface area (Å²) in [6.07, 6.45) is 7.81. The van der Waals surface area contributed by atoms with Gasteiger partial charge in [0.05, 0.1) is 16.6 Å². The van der Waals surface area contributed by atoms with Crippen molar-refractivity contribution in [1.82, 2.24) is 20.3 Å². The minimum Gasteiger partial charge on any atom is -0.373 e. The molecule has 1 amide bonds. The molecule has 0 saturated heterocycles. The van der Waals surface area contributed by atoms with Crippen LogP contribution in [0.3, 0.4) is 0 Å². The number of imidazole rings is 1. The smallest absolute Gasteiger partial charge is 0.251 e. The van der Waals surface area contributed by atoms with Gasteiger partial charge in [0, 0.05) is 30.3 Å². The highest BCUT2D eigenvalue weighted by Gasteiger charge is 2.32. The average molecular weight is 473 g/mol. The van der Waals surface area contributed by atoms with Crippen molar-refractivity contribution >= 4 is 27.8 Å². The molecule has 7 heteroatoms. The number of nitrogens with one attached hydrogen (secondary N) is 2. The fraction of sp³-hybridized carbons (Fsp3) is 0.393. The number of benzene rings is 2. The Bertz CT molecular complexity index is 1390. The first kappa shape index (κ1) is 22.2. The second kappa shape index (κ2) is 9.04. The molecule has 0 radical (unpaired) electrons. The van der Waals surface area contributed by atoms with Crippen LogP contribution in [0.2, 0.25) is 0 Å². The van der Waals surface area contributed by atoms with E-state index in [0.29, 0.717) is 23.4 Å². The molecule has 35 heavy (non-hydrogen) atoms. The summed E-state index contributed by atoms with van der Waals surface area (Å²) in [5.74, 6) is 1.25. The summed E-state index contributed by atoms with van der Waals surface area (Å²) >= 11 is 0. The van der Waals surface area contributed by atoms with E-state index in [-0.39, 0.29) is 17.8 Å². The first-order valence-electron chi connectivity index (χ1n) is 12.5. The van der Waals surface area contributed by atoms with E-state index < -0.39 is 0 Å². The number of halogens is 1. The van der Waals surface area contributed by atoms with Gasteiger partial charge >= 0.3 is 0 Å². The lowest BCUT2D eigenvalue weighted by atomic mass is 9.76. The molecular weight excluding hydrogens is 443 g/mol. The van der Waals surface area contributed by atoms with Crippen molar-refractivity contribution in [1.29, 1.82) is 0 Å². The number of methoxy groups -OCH3 is 1. The zero-order valence-corrected chi connectivity index (χ0v) is 19.8. The number of hydrogen-bond acceptors (Lipinski definition) is 4. The van der Waals surface area contributed by atoms with Gasteiger partial charge in [-0.3, -0.25) is 9.78 Å². The molecule has 2 aliphatic carbocycles. The Morgan fingerprint density at radius 1 is 1.06 bits per heavy atom. The van der Waals surface area contributed by atoms with Gasteiger partial charge in [0.1, 0.15) is 17.7 Å². The zero-order valence-electron chi connectivity index (χ0n) is 19.8. The maximum absolute atomic E-state index is 13.9. The van der Waals surface area contributed by atoms with Crippen LogP contribution in [0.4, 0.5) is 4.39 Å². The molecule has 2 aliphatic rings. The van der Waals surface area contributed by atoms with E-state index in [0.717, 1.165) is 66.3 Å². The number of H-pyrrole nitrogens is 1. The van der Waals surface area contributed by atoms with Gasteiger partial charge in [0.25, 0.3) is 5.91 Å². The van der Waals surface area contributed by atoms with Crippen molar-refractivity contribution < 1.29 is 13.9 Å². The topological polar surface area (TPSA) is 79.9 Å². The zero-order chi connectivity index (χ0) is 23.9. The first-order valence-corrected chi connectivity index (χ1v) is 12.5. The normalized spacial score (nSPS) is 21.3. The van der Waals surface area contributed by atoms with E-state index in [1.807, 2.05) is 30.5 Å². The minimum atomic E-state index is -0.224. The van der Waals surface area contributed by atoms with Crippen molar-refractivity contribution in [3.05, 3.63) is 71.4 Å². The van der Waals surface area contributed by atoms with Gasteiger partial charge in [-0.15, -0.1) is 0 Å². The van der Waals surface area contributed by atoms with E-state index >= 15 is 0 Å². The van der Waals surface area contributed by atoms with Crippen LogP contribution in [0.5, 0.6) is 0 Å². The van der Waals surface area contributed by atoms with Crippen LogP contribution in [0, 0.1) is 11.7 Å². The lowest BCUT2D eigenvalue weighted by Crippen LogP contribution is -2.25. The highest BCUT2D eigenvalue weighted by atomic mass is 19.1. The fourth-order valence-electron chi connectivity index (χ4n) is 5.55. The number of aromatic nitrogens is 3. The highest BCUT2D eigenvalue weighted by Crippen LogP contribution is 2.43. The predicted molar refractivity (Wildman–Crippen MR) is 133 cm³/mol. The van der Waals surface area contributed by atoms with Gasteiger partial charge < -0.3 is 15.0 Å². The highest BCUT2D eigenvalue weighted by molar-refractivity contribution is 5.97. The second-order valence-corrected chi connectivity index (χ2v) is 9.93. The third kappa shape index (κ3) is 4.41. The number of rotatable bonds is 6. The maximum Gasteiger partial charge on any atom is 0.251 e. The van der Waals surface area contributed by atoms with E-state index in [2.05, 4.69) is 15.3 Å². The molecule has 0 spiro atoms. The van der Waals surface area contributed by atoms with Crippen molar-refractivity contribution in [2.75, 3.05) is 7.11 Å². The monoisotopic (exact) mass is 472 g/mol. The summed E-state index contributed by atoms with van der Waals surface area (Å²) in [5.41, 5.74) is 4.35. The van der Waals surface area contributed by atoms with Crippen LogP contribution < -0.4 is 5.32 Å². The number of amides is 1. The van der Waals surface area contributed by atoms with Crippen LogP contribution in [0.15, 0.2) is 48.7 Å². The standard InChI is InChI=1S/C28H29FN4O2/c1-35-26(27-32-24-10-6-18(14-25(24)33-27)28(34)31-20-8-9-20)17-4-2-16(3-5-17)21-12-13-30-23-11-7-19(29)15-22(21)23/h6-7,10-17,20,26H,2-5,8-9H2,1H3,(H,31,34)(H,32,33)/t16-,17+,26-/m1/s1. The average Bonchev–Trinajstić information content (AvgIpc) is 3.59. The fourth-order valence-corrected chi connectivity index (χ4v) is 5.55. The van der Waals surface area contributed by atoms with E-state index in [9.17, 15) is 9.18 Å². The molecule has 0 unspecified atom stereocenters. The Morgan fingerprint density at radius 2 is 1.89 bits per heavy atom. The number of aromatic amines is 1. The van der Waals surface area contributed by atoms with Crippen molar-refractivity contribution in [2.45, 2.75) is 56.6 Å². The summed E-state index contributed by atoms with van der Waals surface area (Å²) in [7, 11) is 1.73. The number of nitrogens with zero attached hydrogens (tertiary/aromatic N) is 2. The van der Waals surface area contributed by atoms with Crippen LogP contribution in [-0.4, -0.2) is 34.0 Å². The van der Waals surface area contributed by atoms with Gasteiger partial charge in [0.15, 0.2) is 0 Å². The van der Waals surface area contributed by atoms with Crippen molar-refractivity contribution in [3.8, 4) is 0 Å². The molecule has 4 aromatic rings. The lowest BCUT2D eigenvalue weighted by molar-refractivity contribution is 0.0274. The lowest BCUT2D eigenvalue weighted by Gasteiger charge is -2.33. The Balaban J connectivity index is 1.19. The summed E-state index contributed by atoms with van der Waals surface area (Å²) in [6.45, 7) is 0. The van der Waals surface area contributed by atoms with Crippen LogP contribution >= 0.6 is 0 Å². The van der Waals surface area contributed by atoms with Crippen LogP contribution in [0.1, 0.15) is 72.3 Å². The molecule has 2 saturated carbocycles.